The van der Waals surface area contributed by atoms with Crippen molar-refractivity contribution in [3.8, 4) is 18.1 Å². The van der Waals surface area contributed by atoms with Crippen molar-refractivity contribution >= 4 is 10.0 Å². The van der Waals surface area contributed by atoms with Gasteiger partial charge in [-0.1, -0.05) is 0 Å². The van der Waals surface area contributed by atoms with Gasteiger partial charge in [-0.25, -0.2) is 13.1 Å². The fraction of sp³-hybridized carbons (Fsp3) is 0.385. The number of methoxy groups -OCH3 is 1. The lowest BCUT2D eigenvalue weighted by Crippen LogP contribution is -2.24. The van der Waals surface area contributed by atoms with E-state index in [1.807, 2.05) is 0 Å². The van der Waals surface area contributed by atoms with Gasteiger partial charge in [0.1, 0.15) is 5.75 Å². The van der Waals surface area contributed by atoms with Gasteiger partial charge in [0.25, 0.3) is 0 Å². The summed E-state index contributed by atoms with van der Waals surface area (Å²) >= 11 is 0. The van der Waals surface area contributed by atoms with Gasteiger partial charge in [-0.15, -0.1) is 12.3 Å². The highest BCUT2D eigenvalue weighted by molar-refractivity contribution is 7.89. The molecule has 1 rings (SSSR count). The van der Waals surface area contributed by atoms with Gasteiger partial charge in [0.05, 0.1) is 12.0 Å². The van der Waals surface area contributed by atoms with Crippen molar-refractivity contribution in [3.63, 3.8) is 0 Å². The molecule has 0 spiro atoms. The second-order valence-corrected chi connectivity index (χ2v) is 5.50. The summed E-state index contributed by atoms with van der Waals surface area (Å²) in [6.45, 7) is 0.399. The molecule has 0 fully saturated rings. The first-order valence-electron chi connectivity index (χ1n) is 5.67. The number of hydrogen-bond acceptors (Lipinski definition) is 3. The Morgan fingerprint density at radius 2 is 1.94 bits per heavy atom. The van der Waals surface area contributed by atoms with E-state index in [-0.39, 0.29) is 4.90 Å². The van der Waals surface area contributed by atoms with Crippen LogP contribution in [0.15, 0.2) is 29.2 Å². The molecule has 0 saturated heterocycles. The lowest BCUT2D eigenvalue weighted by molar-refractivity contribution is 0.414. The van der Waals surface area contributed by atoms with E-state index in [9.17, 15) is 8.42 Å². The second-order valence-electron chi connectivity index (χ2n) is 3.73. The van der Waals surface area contributed by atoms with Crippen LogP contribution in [0.1, 0.15) is 19.3 Å². The molecule has 0 aliphatic rings. The smallest absolute Gasteiger partial charge is 0.240 e. The van der Waals surface area contributed by atoms with Crippen LogP contribution < -0.4 is 9.46 Å². The Labute approximate surface area is 108 Å². The Balaban J connectivity index is 2.55. The molecule has 0 saturated carbocycles. The number of benzene rings is 1. The number of rotatable bonds is 7. The van der Waals surface area contributed by atoms with Crippen molar-refractivity contribution in [2.75, 3.05) is 13.7 Å². The molecule has 0 radical (unpaired) electrons. The molecular weight excluding hydrogens is 250 g/mol. The van der Waals surface area contributed by atoms with Gasteiger partial charge in [0.15, 0.2) is 0 Å². The van der Waals surface area contributed by atoms with Crippen LogP contribution in [0.2, 0.25) is 0 Å². The lowest BCUT2D eigenvalue weighted by Gasteiger charge is -2.07. The largest absolute Gasteiger partial charge is 0.497 e. The normalized spacial score (nSPS) is 10.9. The molecule has 1 N–H and O–H groups in total. The molecule has 98 valence electrons. The molecule has 0 atom stereocenters. The molecule has 0 unspecified atom stereocenters. The highest BCUT2D eigenvalue weighted by Crippen LogP contribution is 2.15. The minimum atomic E-state index is -3.43. The van der Waals surface area contributed by atoms with Gasteiger partial charge in [-0.3, -0.25) is 0 Å². The molecule has 0 bridgehead atoms. The minimum Gasteiger partial charge on any atom is -0.497 e. The monoisotopic (exact) mass is 267 g/mol. The summed E-state index contributed by atoms with van der Waals surface area (Å²) < 4.78 is 31.3. The second kappa shape index (κ2) is 7.04. The van der Waals surface area contributed by atoms with Crippen LogP contribution in [0.4, 0.5) is 0 Å². The first-order chi connectivity index (χ1) is 8.60. The van der Waals surface area contributed by atoms with E-state index in [1.54, 1.807) is 12.1 Å². The molecule has 4 nitrogen and oxygen atoms in total. The van der Waals surface area contributed by atoms with E-state index < -0.39 is 10.0 Å². The molecule has 0 aliphatic heterocycles. The summed E-state index contributed by atoms with van der Waals surface area (Å²) in [7, 11) is -1.89. The van der Waals surface area contributed by atoms with Crippen molar-refractivity contribution in [2.45, 2.75) is 24.2 Å². The van der Waals surface area contributed by atoms with Gasteiger partial charge in [0.2, 0.25) is 10.0 Å². The number of ether oxygens (including phenoxy) is 1. The first kappa shape index (κ1) is 14.6. The third kappa shape index (κ3) is 4.40. The zero-order chi connectivity index (χ0) is 13.4. The Morgan fingerprint density at radius 3 is 2.50 bits per heavy atom. The zero-order valence-electron chi connectivity index (χ0n) is 10.3. The van der Waals surface area contributed by atoms with Crippen LogP contribution in [0.3, 0.4) is 0 Å². The summed E-state index contributed by atoms with van der Waals surface area (Å²) in [5.74, 6) is 3.15. The predicted octanol–water partition coefficient (Wildman–Crippen LogP) is 1.78. The van der Waals surface area contributed by atoms with Gasteiger partial charge in [0, 0.05) is 13.0 Å². The van der Waals surface area contributed by atoms with Gasteiger partial charge >= 0.3 is 0 Å². The Morgan fingerprint density at radius 1 is 1.28 bits per heavy atom. The van der Waals surface area contributed by atoms with Gasteiger partial charge in [-0.05, 0) is 37.1 Å². The fourth-order valence-electron chi connectivity index (χ4n) is 1.40. The molecule has 1 aromatic rings. The highest BCUT2D eigenvalue weighted by atomic mass is 32.2. The van der Waals surface area contributed by atoms with E-state index in [1.165, 1.54) is 19.2 Å². The molecule has 0 aliphatic carbocycles. The maximum absolute atomic E-state index is 11.9. The molecule has 0 amide bonds. The number of sulfonamides is 1. The van der Waals surface area contributed by atoms with Gasteiger partial charge in [-0.2, -0.15) is 0 Å². The van der Waals surface area contributed by atoms with Crippen molar-refractivity contribution in [2.24, 2.45) is 0 Å². The third-order valence-electron chi connectivity index (χ3n) is 2.41. The molecule has 5 heteroatoms. The number of nitrogens with one attached hydrogen (secondary N) is 1. The number of unbranched alkanes of at least 4 members (excludes halogenated alkanes) is 2. The molecule has 1 aromatic carbocycles. The fourth-order valence-corrected chi connectivity index (χ4v) is 2.47. The van der Waals surface area contributed by atoms with Crippen LogP contribution in [-0.2, 0) is 10.0 Å². The maximum Gasteiger partial charge on any atom is 0.240 e. The summed E-state index contributed by atoms with van der Waals surface area (Å²) in [4.78, 5) is 0.236. The molecular formula is C13H17NO3S. The molecule has 0 heterocycles. The summed E-state index contributed by atoms with van der Waals surface area (Å²) in [5, 5.41) is 0. The van der Waals surface area contributed by atoms with E-state index in [0.717, 1.165) is 12.8 Å². The lowest BCUT2D eigenvalue weighted by atomic mass is 10.2. The van der Waals surface area contributed by atoms with Crippen LogP contribution in [0, 0.1) is 12.3 Å². The number of terminal acetylenes is 1. The van der Waals surface area contributed by atoms with E-state index in [0.29, 0.717) is 18.7 Å². The quantitative estimate of drug-likeness (QED) is 0.605. The maximum atomic E-state index is 11.9. The zero-order valence-corrected chi connectivity index (χ0v) is 11.2. The minimum absolute atomic E-state index is 0.236. The standard InChI is InChI=1S/C13H17NO3S/c1-3-4-5-6-11-14-18(15,16)13-9-7-12(17-2)8-10-13/h1,7-10,14H,4-6,11H2,2H3. The summed E-state index contributed by atoms with van der Waals surface area (Å²) in [5.41, 5.74) is 0. The summed E-state index contributed by atoms with van der Waals surface area (Å²) in [6, 6.07) is 6.27. The Bertz CT molecular complexity index is 500. The van der Waals surface area contributed by atoms with Crippen molar-refractivity contribution in [1.82, 2.24) is 4.72 Å². The third-order valence-corrected chi connectivity index (χ3v) is 3.89. The van der Waals surface area contributed by atoms with Crippen molar-refractivity contribution < 1.29 is 13.2 Å². The highest BCUT2D eigenvalue weighted by Gasteiger charge is 2.12. The predicted molar refractivity (Wildman–Crippen MR) is 70.9 cm³/mol. The topological polar surface area (TPSA) is 55.4 Å². The van der Waals surface area contributed by atoms with Crippen LogP contribution >= 0.6 is 0 Å². The molecule has 18 heavy (non-hydrogen) atoms. The van der Waals surface area contributed by atoms with Crippen molar-refractivity contribution in [1.29, 1.82) is 0 Å². The van der Waals surface area contributed by atoms with Crippen LogP contribution in [0.5, 0.6) is 5.75 Å². The van der Waals surface area contributed by atoms with Crippen molar-refractivity contribution in [3.05, 3.63) is 24.3 Å². The number of hydrogen-bond donors (Lipinski definition) is 1. The Kier molecular flexibility index (Phi) is 5.69. The van der Waals surface area contributed by atoms with E-state index in [4.69, 9.17) is 11.2 Å². The van der Waals surface area contributed by atoms with E-state index in [2.05, 4.69) is 10.6 Å². The van der Waals surface area contributed by atoms with Crippen LogP contribution in [-0.4, -0.2) is 22.1 Å². The average molecular weight is 267 g/mol. The SMILES string of the molecule is C#CCCCCNS(=O)(=O)c1ccc(OC)cc1. The van der Waals surface area contributed by atoms with E-state index >= 15 is 0 Å². The first-order valence-corrected chi connectivity index (χ1v) is 7.15. The Hall–Kier alpha value is -1.51. The van der Waals surface area contributed by atoms with Gasteiger partial charge < -0.3 is 4.74 Å². The average Bonchev–Trinajstić information content (AvgIpc) is 2.38. The summed E-state index contributed by atoms with van der Waals surface area (Å²) in [6.07, 6.45) is 7.34. The van der Waals surface area contributed by atoms with Crippen LogP contribution in [0.25, 0.3) is 0 Å². The molecule has 0 aromatic heterocycles.